The molecule has 4 aromatic rings. The van der Waals surface area contributed by atoms with Gasteiger partial charge in [0.25, 0.3) is 0 Å². The lowest BCUT2D eigenvalue weighted by molar-refractivity contribution is -0.113. The number of nitrogen functional groups attached to an aromatic ring is 1. The van der Waals surface area contributed by atoms with Gasteiger partial charge < -0.3 is 20.5 Å². The van der Waals surface area contributed by atoms with E-state index in [2.05, 4.69) is 21.4 Å². The van der Waals surface area contributed by atoms with Crippen molar-refractivity contribution in [2.24, 2.45) is 0 Å². The standard InChI is InChI=1S/C21H14N6O2S/c22-9-14-19(17-2-1-7-29-17)15(10-23)21(27-20(14)24)30-11-18(28)26-13-4-3-12-5-6-25-16(12)8-13/h1-8,25H,11H2,(H2,24,27)(H,26,28). The number of nitrogens with one attached hydrogen (secondary N) is 2. The fourth-order valence-electron chi connectivity index (χ4n) is 3.03. The lowest BCUT2D eigenvalue weighted by atomic mass is 10.0. The van der Waals surface area contributed by atoms with E-state index in [9.17, 15) is 15.3 Å². The summed E-state index contributed by atoms with van der Waals surface area (Å²) in [5.74, 6) is 0.0535. The molecule has 1 amide bonds. The number of furan rings is 1. The smallest absolute Gasteiger partial charge is 0.234 e. The van der Waals surface area contributed by atoms with Gasteiger partial charge in [-0.15, -0.1) is 0 Å². The number of aromatic nitrogens is 2. The molecule has 0 saturated carbocycles. The molecule has 0 radical (unpaired) electrons. The molecule has 4 N–H and O–H groups in total. The zero-order valence-electron chi connectivity index (χ0n) is 15.5. The molecular formula is C21H14N6O2S. The summed E-state index contributed by atoms with van der Waals surface area (Å²) in [6.45, 7) is 0. The highest BCUT2D eigenvalue weighted by Gasteiger charge is 2.22. The number of rotatable bonds is 5. The van der Waals surface area contributed by atoms with Crippen molar-refractivity contribution >= 4 is 40.1 Å². The molecule has 0 aliphatic heterocycles. The van der Waals surface area contributed by atoms with Crippen LogP contribution >= 0.6 is 11.8 Å². The summed E-state index contributed by atoms with van der Waals surface area (Å²) in [5.41, 5.74) is 7.98. The van der Waals surface area contributed by atoms with Crippen LogP contribution in [0.1, 0.15) is 11.1 Å². The van der Waals surface area contributed by atoms with Crippen LogP contribution in [0.4, 0.5) is 11.5 Å². The van der Waals surface area contributed by atoms with Gasteiger partial charge in [-0.3, -0.25) is 4.79 Å². The van der Waals surface area contributed by atoms with Gasteiger partial charge in [0.05, 0.1) is 23.1 Å². The highest BCUT2D eigenvalue weighted by molar-refractivity contribution is 8.00. The predicted molar refractivity (Wildman–Crippen MR) is 113 cm³/mol. The molecule has 0 unspecified atom stereocenters. The topological polar surface area (TPSA) is 145 Å². The first kappa shape index (κ1) is 19.1. The average molecular weight is 414 g/mol. The van der Waals surface area contributed by atoms with Gasteiger partial charge in [-0.05, 0) is 35.7 Å². The first-order valence-corrected chi connectivity index (χ1v) is 9.76. The highest BCUT2D eigenvalue weighted by Crippen LogP contribution is 2.35. The second kappa shape index (κ2) is 8.03. The summed E-state index contributed by atoms with van der Waals surface area (Å²) in [6, 6.07) is 14.8. The Morgan fingerprint density at radius 1 is 1.23 bits per heavy atom. The predicted octanol–water partition coefficient (Wildman–Crippen LogP) is 3.88. The number of anilines is 2. The quantitative estimate of drug-likeness (QED) is 0.420. The maximum absolute atomic E-state index is 12.4. The molecule has 0 fully saturated rings. The van der Waals surface area contributed by atoms with E-state index in [4.69, 9.17) is 10.2 Å². The molecule has 30 heavy (non-hydrogen) atoms. The van der Waals surface area contributed by atoms with Crippen LogP contribution in [-0.2, 0) is 4.79 Å². The van der Waals surface area contributed by atoms with E-state index in [1.54, 1.807) is 12.1 Å². The van der Waals surface area contributed by atoms with Crippen molar-refractivity contribution in [1.29, 1.82) is 10.5 Å². The Morgan fingerprint density at radius 2 is 2.07 bits per heavy atom. The molecule has 0 atom stereocenters. The van der Waals surface area contributed by atoms with E-state index in [0.717, 1.165) is 22.7 Å². The van der Waals surface area contributed by atoms with E-state index in [0.29, 0.717) is 11.4 Å². The first-order chi connectivity index (χ1) is 14.6. The molecule has 8 nitrogen and oxygen atoms in total. The zero-order chi connectivity index (χ0) is 21.1. The summed E-state index contributed by atoms with van der Waals surface area (Å²) in [5, 5.41) is 23.3. The Bertz CT molecular complexity index is 1330. The van der Waals surface area contributed by atoms with Crippen LogP contribution < -0.4 is 11.1 Å². The number of amides is 1. The summed E-state index contributed by atoms with van der Waals surface area (Å²) >= 11 is 1.06. The third kappa shape index (κ3) is 3.58. The van der Waals surface area contributed by atoms with Crippen molar-refractivity contribution in [3.63, 3.8) is 0 Å². The molecule has 0 spiro atoms. The molecule has 0 bridgehead atoms. The maximum Gasteiger partial charge on any atom is 0.234 e. The van der Waals surface area contributed by atoms with Gasteiger partial charge in [0.2, 0.25) is 5.91 Å². The van der Waals surface area contributed by atoms with Crippen molar-refractivity contribution in [2.75, 3.05) is 16.8 Å². The van der Waals surface area contributed by atoms with Crippen LogP contribution in [0, 0.1) is 22.7 Å². The normalized spacial score (nSPS) is 10.5. The largest absolute Gasteiger partial charge is 0.464 e. The van der Waals surface area contributed by atoms with Gasteiger partial charge in [-0.1, -0.05) is 17.8 Å². The minimum atomic E-state index is -0.265. The lowest BCUT2D eigenvalue weighted by Crippen LogP contribution is -2.14. The number of nitriles is 2. The highest BCUT2D eigenvalue weighted by atomic mass is 32.2. The van der Waals surface area contributed by atoms with Crippen molar-refractivity contribution < 1.29 is 9.21 Å². The van der Waals surface area contributed by atoms with Crippen molar-refractivity contribution in [3.05, 3.63) is 60.0 Å². The van der Waals surface area contributed by atoms with Crippen LogP contribution in [0.25, 0.3) is 22.2 Å². The third-order valence-corrected chi connectivity index (χ3v) is 5.34. The number of aromatic amines is 1. The van der Waals surface area contributed by atoms with Crippen LogP contribution in [0.3, 0.4) is 0 Å². The Balaban J connectivity index is 1.58. The van der Waals surface area contributed by atoms with Gasteiger partial charge >= 0.3 is 0 Å². The van der Waals surface area contributed by atoms with Crippen LogP contribution in [0.15, 0.2) is 58.3 Å². The second-order valence-electron chi connectivity index (χ2n) is 6.24. The van der Waals surface area contributed by atoms with E-state index in [1.807, 2.05) is 36.5 Å². The number of pyridine rings is 1. The number of fused-ring (bicyclic) bond motifs is 1. The molecule has 4 rings (SSSR count). The summed E-state index contributed by atoms with van der Waals surface area (Å²) in [7, 11) is 0. The number of thioether (sulfide) groups is 1. The van der Waals surface area contributed by atoms with Gasteiger partial charge in [0.1, 0.15) is 34.3 Å². The van der Waals surface area contributed by atoms with Crippen molar-refractivity contribution in [2.45, 2.75) is 5.03 Å². The molecule has 1 aromatic carbocycles. The lowest BCUT2D eigenvalue weighted by Gasteiger charge is -2.11. The molecular weight excluding hydrogens is 400 g/mol. The number of benzene rings is 1. The van der Waals surface area contributed by atoms with E-state index < -0.39 is 0 Å². The first-order valence-electron chi connectivity index (χ1n) is 8.78. The molecule has 146 valence electrons. The van der Waals surface area contributed by atoms with Crippen LogP contribution in [0.5, 0.6) is 0 Å². The molecule has 9 heteroatoms. The summed E-state index contributed by atoms with van der Waals surface area (Å²) in [4.78, 5) is 19.7. The maximum atomic E-state index is 12.4. The second-order valence-corrected chi connectivity index (χ2v) is 7.21. The number of carbonyl (C=O) groups is 1. The van der Waals surface area contributed by atoms with Crippen molar-refractivity contribution in [1.82, 2.24) is 9.97 Å². The van der Waals surface area contributed by atoms with E-state index >= 15 is 0 Å². The van der Waals surface area contributed by atoms with Crippen molar-refractivity contribution in [3.8, 4) is 23.5 Å². The summed E-state index contributed by atoms with van der Waals surface area (Å²) in [6.07, 6.45) is 3.27. The third-order valence-electron chi connectivity index (χ3n) is 4.36. The Morgan fingerprint density at radius 3 is 2.80 bits per heavy atom. The fraction of sp³-hybridized carbons (Fsp3) is 0.0476. The van der Waals surface area contributed by atoms with Gasteiger partial charge in [0, 0.05) is 17.4 Å². The number of carbonyl (C=O) groups excluding carboxylic acids is 1. The van der Waals surface area contributed by atoms with Gasteiger partial charge in [-0.25, -0.2) is 4.98 Å². The Hall–Kier alpha value is -4.21. The monoisotopic (exact) mass is 414 g/mol. The molecule has 0 saturated heterocycles. The zero-order valence-corrected chi connectivity index (χ0v) is 16.3. The number of H-pyrrole nitrogens is 1. The number of hydrogen-bond acceptors (Lipinski definition) is 7. The summed E-state index contributed by atoms with van der Waals surface area (Å²) < 4.78 is 5.37. The fourth-order valence-corrected chi connectivity index (χ4v) is 3.82. The van der Waals surface area contributed by atoms with Crippen LogP contribution in [0.2, 0.25) is 0 Å². The van der Waals surface area contributed by atoms with E-state index in [1.165, 1.54) is 6.26 Å². The van der Waals surface area contributed by atoms with Gasteiger partial charge in [0.15, 0.2) is 0 Å². The number of hydrogen-bond donors (Lipinski definition) is 3. The molecule has 3 aromatic heterocycles. The van der Waals surface area contributed by atoms with Gasteiger partial charge in [-0.2, -0.15) is 10.5 Å². The molecule has 3 heterocycles. The number of nitrogens with two attached hydrogens (primary N) is 1. The molecule has 0 aliphatic carbocycles. The minimum Gasteiger partial charge on any atom is -0.464 e. The number of nitrogens with zero attached hydrogens (tertiary/aromatic N) is 3. The SMILES string of the molecule is N#Cc1c(N)nc(SCC(=O)Nc2ccc3cc[nH]c3c2)c(C#N)c1-c1ccco1. The Kier molecular flexibility index (Phi) is 5.12. The van der Waals surface area contributed by atoms with E-state index in [-0.39, 0.29) is 39.2 Å². The minimum absolute atomic E-state index is 0.00732. The Labute approximate surface area is 175 Å². The average Bonchev–Trinajstić information content (AvgIpc) is 3.43. The van der Waals surface area contributed by atoms with Crippen LogP contribution in [-0.4, -0.2) is 21.6 Å². The molecule has 0 aliphatic rings.